The zero-order valence-electron chi connectivity index (χ0n) is 11.5. The summed E-state index contributed by atoms with van der Waals surface area (Å²) in [7, 11) is 0. The number of fused-ring (bicyclic) bond motifs is 1. The van der Waals surface area contributed by atoms with Gasteiger partial charge in [0, 0.05) is 22.6 Å². The number of rotatable bonds is 3. The van der Waals surface area contributed by atoms with Crippen molar-refractivity contribution in [1.29, 1.82) is 0 Å². The first-order chi connectivity index (χ1) is 8.04. The molecule has 0 unspecified atom stereocenters. The molecule has 0 radical (unpaired) electrons. The number of aryl methyl sites for hydroxylation is 1. The topological polar surface area (TPSA) is 4.93 Å². The molecule has 17 heavy (non-hydrogen) atoms. The van der Waals surface area contributed by atoms with Crippen LogP contribution < -0.4 is 0 Å². The number of nitrogens with zero attached hydrogens (tertiary/aromatic N) is 1. The van der Waals surface area contributed by atoms with Crippen LogP contribution in [0.15, 0.2) is 30.5 Å². The Morgan fingerprint density at radius 2 is 1.82 bits per heavy atom. The summed E-state index contributed by atoms with van der Waals surface area (Å²) < 4.78 is 2.41. The van der Waals surface area contributed by atoms with Gasteiger partial charge in [0.05, 0.1) is 0 Å². The highest BCUT2D eigenvalue weighted by Gasteiger charge is 2.17. The summed E-state index contributed by atoms with van der Waals surface area (Å²) in [5.74, 6) is 0. The van der Waals surface area contributed by atoms with Gasteiger partial charge in [-0.15, -0.1) is 0 Å². The Kier molecular flexibility index (Phi) is 3.28. The van der Waals surface area contributed by atoms with Gasteiger partial charge < -0.3 is 4.57 Å². The Morgan fingerprint density at radius 1 is 1.12 bits per heavy atom. The van der Waals surface area contributed by atoms with E-state index in [1.54, 1.807) is 0 Å². The van der Waals surface area contributed by atoms with Crippen LogP contribution in [-0.4, -0.2) is 4.57 Å². The van der Waals surface area contributed by atoms with Gasteiger partial charge in [-0.3, -0.25) is 0 Å². The second-order valence-electron chi connectivity index (χ2n) is 5.82. The second kappa shape index (κ2) is 4.56. The van der Waals surface area contributed by atoms with Crippen LogP contribution in [0, 0.1) is 0 Å². The summed E-state index contributed by atoms with van der Waals surface area (Å²) in [6.45, 7) is 9.05. The molecule has 0 saturated heterocycles. The molecule has 1 heteroatoms. The average molecular weight is 229 g/mol. The van der Waals surface area contributed by atoms with Crippen LogP contribution in [0.25, 0.3) is 10.9 Å². The molecule has 0 fully saturated rings. The third-order valence-electron chi connectivity index (χ3n) is 3.32. The summed E-state index contributed by atoms with van der Waals surface area (Å²) in [5, 5.41) is 1.43. The van der Waals surface area contributed by atoms with Gasteiger partial charge >= 0.3 is 0 Å². The average Bonchev–Trinajstić information content (AvgIpc) is 2.65. The highest BCUT2D eigenvalue weighted by molar-refractivity contribution is 5.84. The fourth-order valence-electron chi connectivity index (χ4n) is 2.37. The van der Waals surface area contributed by atoms with Crippen molar-refractivity contribution >= 4 is 10.9 Å². The molecule has 0 aliphatic carbocycles. The molecule has 0 atom stereocenters. The van der Waals surface area contributed by atoms with E-state index in [0.29, 0.717) is 0 Å². The number of aromatic nitrogens is 1. The van der Waals surface area contributed by atoms with Crippen LogP contribution in [0.5, 0.6) is 0 Å². The van der Waals surface area contributed by atoms with Crippen molar-refractivity contribution in [1.82, 2.24) is 4.57 Å². The standard InChI is InChI=1S/C16H23N/c1-5-6-9-13-12-17(16(2,3)4)15-11-8-7-10-14(13)15/h7-8,10-12H,5-6,9H2,1-4H3. The Labute approximate surface area is 104 Å². The summed E-state index contributed by atoms with van der Waals surface area (Å²) in [5.41, 5.74) is 3.02. The number of unbranched alkanes of at least 4 members (excludes halogenated alkanes) is 1. The second-order valence-corrected chi connectivity index (χ2v) is 5.82. The van der Waals surface area contributed by atoms with Gasteiger partial charge in [0.2, 0.25) is 0 Å². The van der Waals surface area contributed by atoms with Crippen LogP contribution >= 0.6 is 0 Å². The summed E-state index contributed by atoms with van der Waals surface area (Å²) in [6, 6.07) is 8.76. The fraction of sp³-hybridized carbons (Fsp3) is 0.500. The minimum atomic E-state index is 0.157. The lowest BCUT2D eigenvalue weighted by molar-refractivity contribution is 0.410. The molecule has 1 aromatic carbocycles. The molecule has 0 spiro atoms. The predicted octanol–water partition coefficient (Wildman–Crippen LogP) is 4.74. The molecular weight excluding hydrogens is 206 g/mol. The van der Waals surface area contributed by atoms with Crippen molar-refractivity contribution in [3.63, 3.8) is 0 Å². The quantitative estimate of drug-likeness (QED) is 0.716. The van der Waals surface area contributed by atoms with Crippen molar-refractivity contribution in [2.24, 2.45) is 0 Å². The van der Waals surface area contributed by atoms with Crippen LogP contribution in [0.2, 0.25) is 0 Å². The maximum absolute atomic E-state index is 2.41. The fourth-order valence-corrected chi connectivity index (χ4v) is 2.37. The van der Waals surface area contributed by atoms with Crippen molar-refractivity contribution in [3.8, 4) is 0 Å². The molecule has 2 aromatic rings. The lowest BCUT2D eigenvalue weighted by Crippen LogP contribution is -2.20. The minimum Gasteiger partial charge on any atom is -0.342 e. The summed E-state index contributed by atoms with van der Waals surface area (Å²) in [6.07, 6.45) is 6.08. The van der Waals surface area contributed by atoms with Crippen molar-refractivity contribution < 1.29 is 0 Å². The molecule has 1 aromatic heterocycles. The third-order valence-corrected chi connectivity index (χ3v) is 3.32. The summed E-state index contributed by atoms with van der Waals surface area (Å²) in [4.78, 5) is 0. The Morgan fingerprint density at radius 3 is 2.47 bits per heavy atom. The maximum atomic E-state index is 2.41. The van der Waals surface area contributed by atoms with Gasteiger partial charge in [-0.25, -0.2) is 0 Å². The molecule has 2 rings (SSSR count). The number of hydrogen-bond donors (Lipinski definition) is 0. The molecule has 0 aliphatic rings. The smallest absolute Gasteiger partial charge is 0.0488 e. The third kappa shape index (κ3) is 2.38. The van der Waals surface area contributed by atoms with Crippen LogP contribution in [0.4, 0.5) is 0 Å². The first kappa shape index (κ1) is 12.2. The van der Waals surface area contributed by atoms with Crippen LogP contribution in [0.3, 0.4) is 0 Å². The molecule has 0 amide bonds. The first-order valence-corrected chi connectivity index (χ1v) is 6.63. The van der Waals surface area contributed by atoms with Crippen LogP contribution in [0.1, 0.15) is 46.1 Å². The van der Waals surface area contributed by atoms with E-state index in [4.69, 9.17) is 0 Å². The van der Waals surface area contributed by atoms with Gasteiger partial charge in [0.1, 0.15) is 0 Å². The van der Waals surface area contributed by atoms with E-state index < -0.39 is 0 Å². The SMILES string of the molecule is CCCCc1cn(C(C)(C)C)c2ccccc12. The van der Waals surface area contributed by atoms with E-state index in [1.807, 2.05) is 0 Å². The van der Waals surface area contributed by atoms with E-state index in [-0.39, 0.29) is 5.54 Å². The van der Waals surface area contributed by atoms with Gasteiger partial charge in [-0.1, -0.05) is 31.5 Å². The highest BCUT2D eigenvalue weighted by atomic mass is 15.0. The lowest BCUT2D eigenvalue weighted by Gasteiger charge is -2.22. The number of benzene rings is 1. The number of hydrogen-bond acceptors (Lipinski definition) is 0. The summed E-state index contributed by atoms with van der Waals surface area (Å²) >= 11 is 0. The van der Waals surface area contributed by atoms with Gasteiger partial charge in [0.15, 0.2) is 0 Å². The van der Waals surface area contributed by atoms with E-state index in [1.165, 1.54) is 35.7 Å². The van der Waals surface area contributed by atoms with Crippen LogP contribution in [-0.2, 0) is 12.0 Å². The van der Waals surface area contributed by atoms with E-state index in [0.717, 1.165) is 0 Å². The maximum Gasteiger partial charge on any atom is 0.0488 e. The van der Waals surface area contributed by atoms with Crippen molar-refractivity contribution in [2.75, 3.05) is 0 Å². The molecule has 1 nitrogen and oxygen atoms in total. The van der Waals surface area contributed by atoms with E-state index in [2.05, 4.69) is 62.7 Å². The molecule has 0 saturated carbocycles. The molecule has 92 valence electrons. The molecule has 0 aliphatic heterocycles. The van der Waals surface area contributed by atoms with E-state index >= 15 is 0 Å². The zero-order valence-corrected chi connectivity index (χ0v) is 11.5. The van der Waals surface area contributed by atoms with E-state index in [9.17, 15) is 0 Å². The van der Waals surface area contributed by atoms with Crippen molar-refractivity contribution in [2.45, 2.75) is 52.5 Å². The highest BCUT2D eigenvalue weighted by Crippen LogP contribution is 2.28. The monoisotopic (exact) mass is 229 g/mol. The predicted molar refractivity (Wildman–Crippen MR) is 75.5 cm³/mol. The molecular formula is C16H23N. The van der Waals surface area contributed by atoms with Gasteiger partial charge in [0.25, 0.3) is 0 Å². The Balaban J connectivity index is 2.55. The molecule has 0 bridgehead atoms. The normalized spacial score (nSPS) is 12.2. The van der Waals surface area contributed by atoms with Crippen molar-refractivity contribution in [3.05, 3.63) is 36.0 Å². The largest absolute Gasteiger partial charge is 0.342 e. The molecule has 1 heterocycles. The lowest BCUT2D eigenvalue weighted by atomic mass is 10.1. The first-order valence-electron chi connectivity index (χ1n) is 6.63. The Bertz CT molecular complexity index is 500. The Hall–Kier alpha value is -1.24. The van der Waals surface area contributed by atoms with Gasteiger partial charge in [-0.2, -0.15) is 0 Å². The molecule has 0 N–H and O–H groups in total. The van der Waals surface area contributed by atoms with Gasteiger partial charge in [-0.05, 0) is 45.2 Å². The number of para-hydroxylation sites is 1. The zero-order chi connectivity index (χ0) is 12.5. The minimum absolute atomic E-state index is 0.157.